The van der Waals surface area contributed by atoms with Gasteiger partial charge in [-0.25, -0.2) is 17.6 Å². The summed E-state index contributed by atoms with van der Waals surface area (Å²) in [5.74, 6) is -2.72. The summed E-state index contributed by atoms with van der Waals surface area (Å²) in [5.41, 5.74) is 0.469. The molecule has 0 atom stereocenters. The first-order chi connectivity index (χ1) is 14.2. The first kappa shape index (κ1) is 21.1. The van der Waals surface area contributed by atoms with Gasteiger partial charge < -0.3 is 14.8 Å². The topological polar surface area (TPSA) is 126 Å². The van der Waals surface area contributed by atoms with Crippen LogP contribution in [0.15, 0.2) is 64.1 Å². The van der Waals surface area contributed by atoms with E-state index in [-0.39, 0.29) is 39.6 Å². The fourth-order valence-electron chi connectivity index (χ4n) is 2.69. The Morgan fingerprint density at radius 3 is 2.57 bits per heavy atom. The highest BCUT2D eigenvalue weighted by Crippen LogP contribution is 2.22. The summed E-state index contributed by atoms with van der Waals surface area (Å²) in [6.45, 7) is 1.31. The van der Waals surface area contributed by atoms with Gasteiger partial charge in [-0.1, -0.05) is 12.1 Å². The van der Waals surface area contributed by atoms with Crippen molar-refractivity contribution in [3.05, 3.63) is 83.1 Å². The molecule has 1 aromatic heterocycles. The molecule has 8 nitrogen and oxygen atoms in total. The van der Waals surface area contributed by atoms with Crippen LogP contribution in [0.2, 0.25) is 0 Å². The number of halogens is 1. The standard InChI is InChI=1S/C20H17FN2O6S/c1-12-10-14(6-7-16(12)21)30(27,28)23-17-5-3-2-4-15(17)19(24)22-11-13-8-9-29-18(13)20(25)26/h2-10,23H,11H2,1H3,(H,22,24)(H,25,26). The van der Waals surface area contributed by atoms with Crippen LogP contribution in [0.4, 0.5) is 10.1 Å². The molecule has 2 aromatic carbocycles. The molecule has 0 saturated carbocycles. The predicted octanol–water partition coefficient (Wildman–Crippen LogP) is 3.16. The highest BCUT2D eigenvalue weighted by molar-refractivity contribution is 7.92. The number of carbonyl (C=O) groups is 2. The maximum atomic E-state index is 13.5. The number of hydrogen-bond donors (Lipinski definition) is 3. The number of hydrogen-bond acceptors (Lipinski definition) is 5. The smallest absolute Gasteiger partial charge is 0.372 e. The minimum atomic E-state index is -4.07. The van der Waals surface area contributed by atoms with Crippen LogP contribution in [0.3, 0.4) is 0 Å². The third-order valence-corrected chi connectivity index (χ3v) is 5.60. The van der Waals surface area contributed by atoms with Crippen molar-refractivity contribution in [3.8, 4) is 0 Å². The van der Waals surface area contributed by atoms with Crippen LogP contribution in [0, 0.1) is 12.7 Å². The summed E-state index contributed by atoms with van der Waals surface area (Å²) >= 11 is 0. The van der Waals surface area contributed by atoms with E-state index >= 15 is 0 Å². The second-order valence-electron chi connectivity index (χ2n) is 6.32. The molecule has 3 N–H and O–H groups in total. The van der Waals surface area contributed by atoms with E-state index in [4.69, 9.17) is 9.52 Å². The van der Waals surface area contributed by atoms with Gasteiger partial charge in [0, 0.05) is 12.1 Å². The minimum absolute atomic E-state index is 0.0163. The maximum Gasteiger partial charge on any atom is 0.372 e. The van der Waals surface area contributed by atoms with Gasteiger partial charge in [-0.2, -0.15) is 0 Å². The molecule has 0 spiro atoms. The van der Waals surface area contributed by atoms with Gasteiger partial charge >= 0.3 is 5.97 Å². The Morgan fingerprint density at radius 1 is 1.13 bits per heavy atom. The average Bonchev–Trinajstić information content (AvgIpc) is 3.17. The molecule has 0 fully saturated rings. The molecule has 3 rings (SSSR count). The minimum Gasteiger partial charge on any atom is -0.475 e. The summed E-state index contributed by atoms with van der Waals surface area (Å²) < 4.78 is 46.0. The zero-order valence-corrected chi connectivity index (χ0v) is 16.5. The van der Waals surface area contributed by atoms with E-state index in [2.05, 4.69) is 10.0 Å². The summed E-state index contributed by atoms with van der Waals surface area (Å²) in [6.07, 6.45) is 1.19. The normalized spacial score (nSPS) is 11.1. The Kier molecular flexibility index (Phi) is 5.88. The maximum absolute atomic E-state index is 13.5. The summed E-state index contributed by atoms with van der Waals surface area (Å²) in [5, 5.41) is 11.6. The summed E-state index contributed by atoms with van der Waals surface area (Å²) in [7, 11) is -4.07. The van der Waals surface area contributed by atoms with Crippen molar-refractivity contribution in [3.63, 3.8) is 0 Å². The third kappa shape index (κ3) is 4.49. The van der Waals surface area contributed by atoms with Gasteiger partial charge in [0.2, 0.25) is 5.76 Å². The highest BCUT2D eigenvalue weighted by atomic mass is 32.2. The molecule has 0 bridgehead atoms. The summed E-state index contributed by atoms with van der Waals surface area (Å²) in [6, 6.07) is 10.7. The van der Waals surface area contributed by atoms with E-state index in [1.807, 2.05) is 0 Å². The van der Waals surface area contributed by atoms with Crippen LogP contribution in [0.1, 0.15) is 32.0 Å². The lowest BCUT2D eigenvalue weighted by Gasteiger charge is -2.13. The van der Waals surface area contributed by atoms with Gasteiger partial charge in [0.25, 0.3) is 15.9 Å². The van der Waals surface area contributed by atoms with Crippen LogP contribution in [-0.4, -0.2) is 25.4 Å². The van der Waals surface area contributed by atoms with Gasteiger partial charge in [-0.05, 0) is 48.9 Å². The fourth-order valence-corrected chi connectivity index (χ4v) is 3.86. The number of carboxylic acid groups (broad SMARTS) is 1. The molecule has 3 aromatic rings. The lowest BCUT2D eigenvalue weighted by atomic mass is 10.1. The monoisotopic (exact) mass is 432 g/mol. The van der Waals surface area contributed by atoms with Crippen molar-refractivity contribution in [2.75, 3.05) is 4.72 Å². The number of furan rings is 1. The zero-order valence-electron chi connectivity index (χ0n) is 15.7. The fraction of sp³-hybridized carbons (Fsp3) is 0.100. The molecule has 1 heterocycles. The van der Waals surface area contributed by atoms with E-state index in [0.717, 1.165) is 12.1 Å². The molecule has 0 aliphatic rings. The van der Waals surface area contributed by atoms with Crippen LogP contribution < -0.4 is 10.0 Å². The molecule has 0 aliphatic heterocycles. The average molecular weight is 432 g/mol. The van der Waals surface area contributed by atoms with Crippen molar-refractivity contribution in [1.29, 1.82) is 0 Å². The number of rotatable bonds is 7. The second kappa shape index (κ2) is 8.37. The molecule has 0 radical (unpaired) electrons. The van der Waals surface area contributed by atoms with Crippen molar-refractivity contribution in [2.45, 2.75) is 18.4 Å². The molecular weight excluding hydrogens is 415 g/mol. The van der Waals surface area contributed by atoms with E-state index in [9.17, 15) is 22.4 Å². The predicted molar refractivity (Wildman–Crippen MR) is 105 cm³/mol. The molecule has 1 amide bonds. The number of amides is 1. The molecular formula is C20H17FN2O6S. The quantitative estimate of drug-likeness (QED) is 0.527. The Hall–Kier alpha value is -3.66. The first-order valence-electron chi connectivity index (χ1n) is 8.65. The number of aryl methyl sites for hydroxylation is 1. The molecule has 0 aliphatic carbocycles. The number of carbonyl (C=O) groups excluding carboxylic acids is 1. The van der Waals surface area contributed by atoms with Gasteiger partial charge in [0.15, 0.2) is 0 Å². The van der Waals surface area contributed by atoms with Crippen LogP contribution in [0.5, 0.6) is 0 Å². The number of para-hydroxylation sites is 1. The second-order valence-corrected chi connectivity index (χ2v) is 8.01. The van der Waals surface area contributed by atoms with E-state index in [0.29, 0.717) is 0 Å². The van der Waals surface area contributed by atoms with Crippen LogP contribution in [0.25, 0.3) is 0 Å². The van der Waals surface area contributed by atoms with Crippen molar-refractivity contribution in [2.24, 2.45) is 0 Å². The zero-order chi connectivity index (χ0) is 21.9. The molecule has 10 heteroatoms. The Morgan fingerprint density at radius 2 is 1.87 bits per heavy atom. The molecule has 30 heavy (non-hydrogen) atoms. The third-order valence-electron chi connectivity index (χ3n) is 4.24. The Bertz CT molecular complexity index is 1220. The van der Waals surface area contributed by atoms with Gasteiger partial charge in [0.1, 0.15) is 5.82 Å². The Balaban J connectivity index is 1.81. The number of nitrogens with one attached hydrogen (secondary N) is 2. The van der Waals surface area contributed by atoms with E-state index in [1.54, 1.807) is 12.1 Å². The van der Waals surface area contributed by atoms with E-state index < -0.39 is 27.7 Å². The lowest BCUT2D eigenvalue weighted by Crippen LogP contribution is -2.25. The summed E-state index contributed by atoms with van der Waals surface area (Å²) in [4.78, 5) is 23.5. The molecule has 0 saturated heterocycles. The number of anilines is 1. The van der Waals surface area contributed by atoms with E-state index in [1.165, 1.54) is 37.5 Å². The van der Waals surface area contributed by atoms with Crippen molar-refractivity contribution < 1.29 is 31.9 Å². The first-order valence-corrected chi connectivity index (χ1v) is 10.1. The lowest BCUT2D eigenvalue weighted by molar-refractivity contribution is 0.0659. The van der Waals surface area contributed by atoms with Gasteiger partial charge in [0.05, 0.1) is 22.4 Å². The number of carboxylic acids is 1. The molecule has 156 valence electrons. The highest BCUT2D eigenvalue weighted by Gasteiger charge is 2.20. The number of sulfonamides is 1. The van der Waals surface area contributed by atoms with Gasteiger partial charge in [-0.15, -0.1) is 0 Å². The SMILES string of the molecule is Cc1cc(S(=O)(=O)Nc2ccccc2C(=O)NCc2ccoc2C(=O)O)ccc1F. The van der Waals surface area contributed by atoms with Crippen molar-refractivity contribution in [1.82, 2.24) is 5.32 Å². The largest absolute Gasteiger partial charge is 0.475 e. The number of benzene rings is 2. The van der Waals surface area contributed by atoms with Crippen LogP contribution >= 0.6 is 0 Å². The van der Waals surface area contributed by atoms with Gasteiger partial charge in [-0.3, -0.25) is 9.52 Å². The van der Waals surface area contributed by atoms with Crippen LogP contribution in [-0.2, 0) is 16.6 Å². The molecule has 0 unspecified atom stereocenters. The Labute approximate surface area is 171 Å². The number of aromatic carboxylic acids is 1. The van der Waals surface area contributed by atoms with Crippen molar-refractivity contribution >= 4 is 27.6 Å².